The molecule has 4 saturated carbocycles. The van der Waals surface area contributed by atoms with Crippen LogP contribution >= 0.6 is 15.9 Å². The molecule has 4 fully saturated rings. The van der Waals surface area contributed by atoms with Gasteiger partial charge in [0.15, 0.2) is 0 Å². The van der Waals surface area contributed by atoms with E-state index in [1.807, 2.05) is 0 Å². The Labute approximate surface area is 145 Å². The highest BCUT2D eigenvalue weighted by molar-refractivity contribution is 9.10. The summed E-state index contributed by atoms with van der Waals surface area (Å²) in [4.78, 5) is 0. The van der Waals surface area contributed by atoms with Crippen LogP contribution in [0.4, 0.5) is 0 Å². The Kier molecular flexibility index (Phi) is 3.39. The molecule has 0 spiro atoms. The number of nitrogens with zero attached hydrogens (tertiary/aromatic N) is 2. The van der Waals surface area contributed by atoms with Crippen molar-refractivity contribution in [2.24, 2.45) is 0 Å². The van der Waals surface area contributed by atoms with Gasteiger partial charge in [-0.3, -0.25) is 10.2 Å². The fourth-order valence-corrected chi connectivity index (χ4v) is 4.00. The van der Waals surface area contributed by atoms with Crippen LogP contribution in [0.1, 0.15) is 97.8 Å². The van der Waals surface area contributed by atoms with E-state index in [1.54, 1.807) is 0 Å². The van der Waals surface area contributed by atoms with E-state index in [1.165, 1.54) is 78.6 Å². The summed E-state index contributed by atoms with van der Waals surface area (Å²) in [6.07, 6.45) is 10.8. The van der Waals surface area contributed by atoms with Crippen molar-refractivity contribution in [1.82, 2.24) is 20.4 Å². The summed E-state index contributed by atoms with van der Waals surface area (Å²) in [6.45, 7) is 0. The number of rotatable bonds is 4. The SMILES string of the molecule is Brc1c(C2CC2)n[nH]c1C1CC1.c1c(C2CC2)n[nH]c1C1CC1. The molecule has 4 aliphatic carbocycles. The Hall–Kier alpha value is -1.10. The third-order valence-corrected chi connectivity index (χ3v) is 6.17. The van der Waals surface area contributed by atoms with Gasteiger partial charge in [-0.1, -0.05) is 0 Å². The first-order valence-corrected chi connectivity index (χ1v) is 9.87. The monoisotopic (exact) mass is 374 g/mol. The van der Waals surface area contributed by atoms with Crippen LogP contribution in [0.25, 0.3) is 0 Å². The van der Waals surface area contributed by atoms with Gasteiger partial charge < -0.3 is 0 Å². The molecular weight excluding hydrogens is 352 g/mol. The maximum atomic E-state index is 4.37. The minimum absolute atomic E-state index is 0.753. The highest BCUT2D eigenvalue weighted by atomic mass is 79.9. The molecule has 2 aromatic heterocycles. The first-order valence-electron chi connectivity index (χ1n) is 9.08. The number of aromatic nitrogens is 4. The molecule has 0 saturated heterocycles. The summed E-state index contributed by atoms with van der Waals surface area (Å²) in [5.74, 6) is 3.16. The maximum Gasteiger partial charge on any atom is 0.0798 e. The smallest absolute Gasteiger partial charge is 0.0798 e. The zero-order chi connectivity index (χ0) is 15.4. The van der Waals surface area contributed by atoms with Gasteiger partial charge in [0.1, 0.15) is 0 Å². The van der Waals surface area contributed by atoms with Crippen molar-refractivity contribution < 1.29 is 0 Å². The Balaban J connectivity index is 0.000000106. The van der Waals surface area contributed by atoms with Crippen molar-refractivity contribution in [2.75, 3.05) is 0 Å². The highest BCUT2D eigenvalue weighted by Crippen LogP contribution is 2.48. The second kappa shape index (κ2) is 5.47. The van der Waals surface area contributed by atoms with E-state index < -0.39 is 0 Å². The van der Waals surface area contributed by atoms with Gasteiger partial charge in [0.2, 0.25) is 0 Å². The first-order chi connectivity index (χ1) is 11.3. The van der Waals surface area contributed by atoms with Crippen LogP contribution in [0.15, 0.2) is 10.5 Å². The van der Waals surface area contributed by atoms with E-state index >= 15 is 0 Å². The summed E-state index contributed by atoms with van der Waals surface area (Å²) in [5, 5.41) is 15.0. The van der Waals surface area contributed by atoms with Crippen molar-refractivity contribution in [2.45, 2.75) is 75.0 Å². The van der Waals surface area contributed by atoms with Gasteiger partial charge in [-0.05, 0) is 73.4 Å². The van der Waals surface area contributed by atoms with Crippen molar-refractivity contribution in [3.8, 4) is 0 Å². The van der Waals surface area contributed by atoms with Gasteiger partial charge in [0.25, 0.3) is 0 Å². The van der Waals surface area contributed by atoms with Crippen LogP contribution in [0.3, 0.4) is 0 Å². The highest BCUT2D eigenvalue weighted by Gasteiger charge is 2.34. The molecule has 0 bridgehead atoms. The maximum absolute atomic E-state index is 4.37. The van der Waals surface area contributed by atoms with Gasteiger partial charge in [-0.2, -0.15) is 10.2 Å². The first kappa shape index (κ1) is 14.3. The van der Waals surface area contributed by atoms with E-state index in [-0.39, 0.29) is 0 Å². The zero-order valence-corrected chi connectivity index (χ0v) is 14.9. The topological polar surface area (TPSA) is 57.4 Å². The van der Waals surface area contributed by atoms with E-state index in [4.69, 9.17) is 0 Å². The summed E-state index contributed by atoms with van der Waals surface area (Å²) >= 11 is 3.64. The number of hydrogen-bond donors (Lipinski definition) is 2. The number of nitrogens with one attached hydrogen (secondary N) is 2. The number of hydrogen-bond acceptors (Lipinski definition) is 2. The third-order valence-electron chi connectivity index (χ3n) is 5.34. The van der Waals surface area contributed by atoms with Crippen molar-refractivity contribution in [3.05, 3.63) is 33.3 Å². The normalized spacial score (nSPS) is 23.5. The molecule has 4 nitrogen and oxygen atoms in total. The average Bonchev–Trinajstić information content (AvgIpc) is 3.45. The lowest BCUT2D eigenvalue weighted by Crippen LogP contribution is -1.79. The fourth-order valence-electron chi connectivity index (χ4n) is 3.17. The molecular formula is C18H23BrN4. The van der Waals surface area contributed by atoms with E-state index in [0.29, 0.717) is 0 Å². The Bertz CT molecular complexity index is 646. The molecule has 2 heterocycles. The van der Waals surface area contributed by atoms with Crippen LogP contribution < -0.4 is 0 Å². The molecule has 0 atom stereocenters. The van der Waals surface area contributed by atoms with Crippen LogP contribution in [-0.2, 0) is 0 Å². The van der Waals surface area contributed by atoms with Crippen molar-refractivity contribution in [3.63, 3.8) is 0 Å². The van der Waals surface area contributed by atoms with Crippen molar-refractivity contribution >= 4 is 15.9 Å². The molecule has 0 aromatic carbocycles. The van der Waals surface area contributed by atoms with E-state index in [2.05, 4.69) is 42.4 Å². The van der Waals surface area contributed by atoms with Gasteiger partial charge in [-0.15, -0.1) is 0 Å². The molecule has 0 amide bonds. The predicted octanol–water partition coefficient (Wildman–Crippen LogP) is 5.09. The van der Waals surface area contributed by atoms with Crippen LogP contribution in [0, 0.1) is 0 Å². The van der Waals surface area contributed by atoms with Gasteiger partial charge >= 0.3 is 0 Å². The minimum atomic E-state index is 0.753. The Morgan fingerprint density at radius 3 is 2.04 bits per heavy atom. The molecule has 6 rings (SSSR count). The second-order valence-corrected chi connectivity index (χ2v) is 8.47. The fraction of sp³-hybridized carbons (Fsp3) is 0.667. The Morgan fingerprint density at radius 2 is 1.43 bits per heavy atom. The predicted molar refractivity (Wildman–Crippen MR) is 92.8 cm³/mol. The van der Waals surface area contributed by atoms with E-state index in [9.17, 15) is 0 Å². The van der Waals surface area contributed by atoms with E-state index in [0.717, 1.165) is 23.7 Å². The zero-order valence-electron chi connectivity index (χ0n) is 13.3. The van der Waals surface area contributed by atoms with Gasteiger partial charge in [0, 0.05) is 29.4 Å². The summed E-state index contributed by atoms with van der Waals surface area (Å²) in [5.41, 5.74) is 5.31. The lowest BCUT2D eigenvalue weighted by molar-refractivity contribution is 0.926. The molecule has 5 heteroatoms. The van der Waals surface area contributed by atoms with Gasteiger partial charge in [0.05, 0.1) is 21.6 Å². The molecule has 4 aliphatic rings. The molecule has 23 heavy (non-hydrogen) atoms. The Morgan fingerprint density at radius 1 is 0.783 bits per heavy atom. The number of aromatic amines is 2. The summed E-state index contributed by atoms with van der Waals surface area (Å²) in [7, 11) is 0. The average molecular weight is 375 g/mol. The summed E-state index contributed by atoms with van der Waals surface area (Å²) < 4.78 is 1.27. The van der Waals surface area contributed by atoms with Crippen LogP contribution in [-0.4, -0.2) is 20.4 Å². The molecule has 2 aromatic rings. The largest absolute Gasteiger partial charge is 0.282 e. The lowest BCUT2D eigenvalue weighted by atomic mass is 10.2. The quantitative estimate of drug-likeness (QED) is 0.782. The number of halogens is 1. The van der Waals surface area contributed by atoms with Gasteiger partial charge in [-0.25, -0.2) is 0 Å². The standard InChI is InChI=1S/C9H11BrN2.C9H12N2/c10-7-8(5-1-2-5)11-12-9(7)6-3-4-6;1-2-6(1)8-5-9(11-10-8)7-3-4-7/h5-6H,1-4H2,(H,11,12);5-7H,1-4H2,(H,10,11). The second-order valence-electron chi connectivity index (χ2n) is 7.68. The number of H-pyrrole nitrogens is 2. The van der Waals surface area contributed by atoms with Crippen molar-refractivity contribution in [1.29, 1.82) is 0 Å². The summed E-state index contributed by atoms with van der Waals surface area (Å²) in [6, 6.07) is 2.27. The molecule has 0 unspecified atom stereocenters. The van der Waals surface area contributed by atoms with Crippen LogP contribution in [0.5, 0.6) is 0 Å². The molecule has 122 valence electrons. The lowest BCUT2D eigenvalue weighted by Gasteiger charge is -1.93. The third kappa shape index (κ3) is 3.12. The van der Waals surface area contributed by atoms with Crippen LogP contribution in [0.2, 0.25) is 0 Å². The molecule has 0 radical (unpaired) electrons. The molecule has 0 aliphatic heterocycles. The minimum Gasteiger partial charge on any atom is -0.282 e. The molecule has 2 N–H and O–H groups in total.